The van der Waals surface area contributed by atoms with E-state index in [-0.39, 0.29) is 0 Å². The van der Waals surface area contributed by atoms with Gasteiger partial charge in [-0.15, -0.1) is 0 Å². The van der Waals surface area contributed by atoms with Crippen molar-refractivity contribution in [3.63, 3.8) is 0 Å². The van der Waals surface area contributed by atoms with E-state index in [9.17, 15) is 0 Å². The third-order valence-electron chi connectivity index (χ3n) is 4.94. The number of hydrogen-bond acceptors (Lipinski definition) is 3. The third-order valence-corrected chi connectivity index (χ3v) is 4.94. The van der Waals surface area contributed by atoms with Crippen LogP contribution < -0.4 is 0 Å². The van der Waals surface area contributed by atoms with Gasteiger partial charge in [0.05, 0.1) is 17.2 Å². The Labute approximate surface area is 142 Å². The van der Waals surface area contributed by atoms with Crippen molar-refractivity contribution >= 4 is 11.0 Å². The maximum absolute atomic E-state index is 4.74. The number of fused-ring (bicyclic) bond motifs is 1. The van der Waals surface area contributed by atoms with E-state index in [4.69, 9.17) is 4.98 Å². The first kappa shape index (κ1) is 15.4. The molecular weight excluding hydrogens is 298 g/mol. The summed E-state index contributed by atoms with van der Waals surface area (Å²) in [5.41, 5.74) is 3.54. The Morgan fingerprint density at radius 1 is 1.29 bits per heavy atom. The first-order chi connectivity index (χ1) is 11.8. The SMILES string of the molecule is CCn1cc(CN2CCC[C@H](Cc3nc4ccccc4[nH]3)C2)cn1. The molecule has 1 fully saturated rings. The van der Waals surface area contributed by atoms with Gasteiger partial charge in [0.2, 0.25) is 0 Å². The van der Waals surface area contributed by atoms with E-state index in [1.165, 1.54) is 24.9 Å². The van der Waals surface area contributed by atoms with Crippen LogP contribution in [0.25, 0.3) is 11.0 Å². The maximum Gasteiger partial charge on any atom is 0.107 e. The zero-order valence-electron chi connectivity index (χ0n) is 14.3. The van der Waals surface area contributed by atoms with Gasteiger partial charge in [-0.25, -0.2) is 4.98 Å². The monoisotopic (exact) mass is 323 g/mol. The van der Waals surface area contributed by atoms with Crippen LogP contribution in [0.2, 0.25) is 0 Å². The molecule has 0 bridgehead atoms. The first-order valence-corrected chi connectivity index (χ1v) is 8.97. The molecule has 1 saturated heterocycles. The van der Waals surface area contributed by atoms with Crippen molar-refractivity contribution < 1.29 is 0 Å². The second kappa shape index (κ2) is 6.77. The molecule has 0 unspecified atom stereocenters. The summed E-state index contributed by atoms with van der Waals surface area (Å²) in [4.78, 5) is 10.8. The average molecular weight is 323 g/mol. The molecule has 3 aromatic rings. The number of benzene rings is 1. The van der Waals surface area contributed by atoms with Crippen LogP contribution in [0.5, 0.6) is 0 Å². The number of likely N-dealkylation sites (tertiary alicyclic amines) is 1. The lowest BCUT2D eigenvalue weighted by molar-refractivity contribution is 0.166. The lowest BCUT2D eigenvalue weighted by Crippen LogP contribution is -2.35. The number of aryl methyl sites for hydroxylation is 1. The summed E-state index contributed by atoms with van der Waals surface area (Å²) in [5.74, 6) is 1.81. The van der Waals surface area contributed by atoms with Crippen LogP contribution in [0.15, 0.2) is 36.7 Å². The first-order valence-electron chi connectivity index (χ1n) is 8.97. The van der Waals surface area contributed by atoms with Gasteiger partial charge in [-0.1, -0.05) is 12.1 Å². The Morgan fingerprint density at radius 3 is 3.04 bits per heavy atom. The van der Waals surface area contributed by atoms with E-state index in [2.05, 4.69) is 46.3 Å². The molecule has 0 spiro atoms. The van der Waals surface area contributed by atoms with Gasteiger partial charge < -0.3 is 4.98 Å². The van der Waals surface area contributed by atoms with Crippen LogP contribution in [0, 0.1) is 5.92 Å². The lowest BCUT2D eigenvalue weighted by atomic mass is 9.94. The topological polar surface area (TPSA) is 49.7 Å². The number of nitrogens with one attached hydrogen (secondary N) is 1. The molecule has 24 heavy (non-hydrogen) atoms. The van der Waals surface area contributed by atoms with Gasteiger partial charge in [0.15, 0.2) is 0 Å². The van der Waals surface area contributed by atoms with Crippen LogP contribution in [0.3, 0.4) is 0 Å². The van der Waals surface area contributed by atoms with Gasteiger partial charge in [-0.05, 0) is 44.4 Å². The zero-order valence-corrected chi connectivity index (χ0v) is 14.3. The van der Waals surface area contributed by atoms with E-state index in [0.29, 0.717) is 5.92 Å². The molecule has 1 aromatic carbocycles. The minimum Gasteiger partial charge on any atom is -0.342 e. The predicted octanol–water partition coefficient (Wildman–Crippen LogP) is 3.23. The summed E-state index contributed by atoms with van der Waals surface area (Å²) in [5, 5.41) is 4.39. The van der Waals surface area contributed by atoms with Crippen LogP contribution in [-0.4, -0.2) is 37.7 Å². The minimum atomic E-state index is 0.681. The number of para-hydroxylation sites is 2. The fraction of sp³-hybridized carbons (Fsp3) is 0.474. The highest BCUT2D eigenvalue weighted by Crippen LogP contribution is 2.22. The second-order valence-electron chi connectivity index (χ2n) is 6.85. The summed E-state index contributed by atoms with van der Waals surface area (Å²) in [6, 6.07) is 8.28. The fourth-order valence-electron chi connectivity index (χ4n) is 3.76. The molecule has 0 saturated carbocycles. The van der Waals surface area contributed by atoms with Gasteiger partial charge in [-0.3, -0.25) is 9.58 Å². The van der Waals surface area contributed by atoms with E-state index in [0.717, 1.165) is 42.9 Å². The molecule has 5 heteroatoms. The Balaban J connectivity index is 1.39. The predicted molar refractivity (Wildman–Crippen MR) is 95.7 cm³/mol. The Morgan fingerprint density at radius 2 is 2.21 bits per heavy atom. The molecule has 1 N–H and O–H groups in total. The van der Waals surface area contributed by atoms with Crippen molar-refractivity contribution in [1.29, 1.82) is 0 Å². The van der Waals surface area contributed by atoms with Gasteiger partial charge in [0, 0.05) is 37.8 Å². The summed E-state index contributed by atoms with van der Waals surface area (Å²) in [6.45, 7) is 6.41. The van der Waals surface area contributed by atoms with E-state index in [1.807, 2.05) is 16.9 Å². The van der Waals surface area contributed by atoms with Crippen molar-refractivity contribution in [3.8, 4) is 0 Å². The summed E-state index contributed by atoms with van der Waals surface area (Å²) < 4.78 is 2.01. The van der Waals surface area contributed by atoms with Crippen LogP contribution in [0.4, 0.5) is 0 Å². The van der Waals surface area contributed by atoms with E-state index < -0.39 is 0 Å². The van der Waals surface area contributed by atoms with Crippen molar-refractivity contribution in [2.75, 3.05) is 13.1 Å². The summed E-state index contributed by atoms with van der Waals surface area (Å²) >= 11 is 0. The van der Waals surface area contributed by atoms with Crippen molar-refractivity contribution in [2.45, 2.75) is 39.3 Å². The van der Waals surface area contributed by atoms with Gasteiger partial charge >= 0.3 is 0 Å². The molecule has 3 heterocycles. The number of hydrogen-bond donors (Lipinski definition) is 1. The maximum atomic E-state index is 4.74. The zero-order chi connectivity index (χ0) is 16.4. The largest absolute Gasteiger partial charge is 0.342 e. The number of nitrogens with zero attached hydrogens (tertiary/aromatic N) is 4. The molecule has 1 aliphatic rings. The van der Waals surface area contributed by atoms with Crippen molar-refractivity contribution in [2.24, 2.45) is 5.92 Å². The standard InChI is InChI=1S/C19H25N5/c1-2-24-14-16(11-20-24)13-23-9-5-6-15(12-23)10-19-21-17-7-3-4-8-18(17)22-19/h3-4,7-8,11,14-15H,2,5-6,9-10,12-13H2,1H3,(H,21,22)/t15-/m1/s1. The molecule has 2 aromatic heterocycles. The molecule has 5 nitrogen and oxygen atoms in total. The third kappa shape index (κ3) is 3.36. The number of aromatic amines is 1. The normalized spacial score (nSPS) is 19.1. The highest BCUT2D eigenvalue weighted by atomic mass is 15.3. The average Bonchev–Trinajstić information content (AvgIpc) is 3.21. The highest BCUT2D eigenvalue weighted by Gasteiger charge is 2.21. The Bertz CT molecular complexity index is 770. The number of H-pyrrole nitrogens is 1. The molecular formula is C19H25N5. The Hall–Kier alpha value is -2.14. The molecule has 0 amide bonds. The molecule has 4 rings (SSSR count). The highest BCUT2D eigenvalue weighted by molar-refractivity contribution is 5.74. The summed E-state index contributed by atoms with van der Waals surface area (Å²) in [6.07, 6.45) is 7.78. The molecule has 0 aliphatic carbocycles. The van der Waals surface area contributed by atoms with Crippen molar-refractivity contribution in [1.82, 2.24) is 24.6 Å². The number of aromatic nitrogens is 4. The Kier molecular flexibility index (Phi) is 4.34. The second-order valence-corrected chi connectivity index (χ2v) is 6.85. The van der Waals surface area contributed by atoms with E-state index in [1.54, 1.807) is 0 Å². The fourth-order valence-corrected chi connectivity index (χ4v) is 3.76. The number of rotatable bonds is 5. The van der Waals surface area contributed by atoms with E-state index >= 15 is 0 Å². The molecule has 126 valence electrons. The summed E-state index contributed by atoms with van der Waals surface area (Å²) in [7, 11) is 0. The van der Waals surface area contributed by atoms with Crippen molar-refractivity contribution in [3.05, 3.63) is 48.0 Å². The molecule has 1 atom stereocenters. The van der Waals surface area contributed by atoms with Gasteiger partial charge in [-0.2, -0.15) is 5.10 Å². The molecule has 1 aliphatic heterocycles. The van der Waals surface area contributed by atoms with Crippen LogP contribution >= 0.6 is 0 Å². The van der Waals surface area contributed by atoms with Crippen LogP contribution in [0.1, 0.15) is 31.2 Å². The number of imidazole rings is 1. The molecule has 0 radical (unpaired) electrons. The van der Waals surface area contributed by atoms with Crippen LogP contribution in [-0.2, 0) is 19.5 Å². The number of piperidine rings is 1. The smallest absolute Gasteiger partial charge is 0.107 e. The minimum absolute atomic E-state index is 0.681. The van der Waals surface area contributed by atoms with Gasteiger partial charge in [0.25, 0.3) is 0 Å². The lowest BCUT2D eigenvalue weighted by Gasteiger charge is -2.32. The quantitative estimate of drug-likeness (QED) is 0.784. The van der Waals surface area contributed by atoms with Gasteiger partial charge in [0.1, 0.15) is 5.82 Å².